The monoisotopic (exact) mass is 297 g/mol. The third-order valence-electron chi connectivity index (χ3n) is 3.85. The van der Waals surface area contributed by atoms with E-state index >= 15 is 0 Å². The quantitative estimate of drug-likeness (QED) is 0.851. The Morgan fingerprint density at radius 1 is 1.45 bits per heavy atom. The van der Waals surface area contributed by atoms with Gasteiger partial charge in [-0.1, -0.05) is 0 Å². The van der Waals surface area contributed by atoms with Gasteiger partial charge in [0.15, 0.2) is 0 Å². The lowest BCUT2D eigenvalue weighted by Crippen LogP contribution is -2.41. The predicted molar refractivity (Wildman–Crippen MR) is 75.0 cm³/mol. The molecule has 20 heavy (non-hydrogen) atoms. The van der Waals surface area contributed by atoms with E-state index < -0.39 is 10.0 Å². The molecule has 3 heterocycles. The van der Waals surface area contributed by atoms with Crippen molar-refractivity contribution >= 4 is 15.7 Å². The van der Waals surface area contributed by atoms with Crippen molar-refractivity contribution in [3.63, 3.8) is 0 Å². The number of fused-ring (bicyclic) bond motifs is 2. The van der Waals surface area contributed by atoms with E-state index in [4.69, 9.17) is 4.74 Å². The molecule has 2 N–H and O–H groups in total. The van der Waals surface area contributed by atoms with Gasteiger partial charge < -0.3 is 10.1 Å². The van der Waals surface area contributed by atoms with Crippen molar-refractivity contribution in [3.05, 3.63) is 18.5 Å². The van der Waals surface area contributed by atoms with Crippen LogP contribution in [0, 0.1) is 0 Å². The number of aromatic nitrogens is 1. The molecule has 0 amide bonds. The predicted octanol–water partition coefficient (Wildman–Crippen LogP) is 1.11. The maximum Gasteiger partial charge on any atom is 0.244 e. The van der Waals surface area contributed by atoms with Gasteiger partial charge in [-0.2, -0.15) is 0 Å². The summed E-state index contributed by atoms with van der Waals surface area (Å²) in [5.74, 6) is 0. The lowest BCUT2D eigenvalue weighted by molar-refractivity contribution is 0.0996. The molecule has 1 aromatic heterocycles. The minimum atomic E-state index is -3.57. The Hall–Kier alpha value is -1.18. The van der Waals surface area contributed by atoms with Crippen LogP contribution in [-0.4, -0.2) is 38.2 Å². The van der Waals surface area contributed by atoms with Crippen LogP contribution in [0.1, 0.15) is 26.2 Å². The van der Waals surface area contributed by atoms with Crippen LogP contribution in [0.3, 0.4) is 0 Å². The van der Waals surface area contributed by atoms with Crippen LogP contribution in [-0.2, 0) is 14.8 Å². The molecule has 7 heteroatoms. The van der Waals surface area contributed by atoms with Crippen LogP contribution in [0.4, 0.5) is 5.69 Å². The molecule has 0 aliphatic carbocycles. The highest BCUT2D eigenvalue weighted by molar-refractivity contribution is 7.89. The van der Waals surface area contributed by atoms with Gasteiger partial charge in [0, 0.05) is 18.9 Å². The zero-order valence-electron chi connectivity index (χ0n) is 11.4. The van der Waals surface area contributed by atoms with E-state index in [2.05, 4.69) is 15.0 Å². The van der Waals surface area contributed by atoms with Gasteiger partial charge in [-0.3, -0.25) is 4.98 Å². The number of nitrogens with one attached hydrogen (secondary N) is 2. The first-order valence-corrected chi connectivity index (χ1v) is 8.44. The first kappa shape index (κ1) is 13.8. The molecule has 2 aliphatic heterocycles. The van der Waals surface area contributed by atoms with Crippen molar-refractivity contribution in [2.75, 3.05) is 11.9 Å². The van der Waals surface area contributed by atoms with E-state index in [0.29, 0.717) is 12.2 Å². The minimum Gasteiger partial charge on any atom is -0.384 e. The van der Waals surface area contributed by atoms with E-state index in [1.54, 1.807) is 12.3 Å². The molecule has 0 aromatic carbocycles. The molecule has 0 spiro atoms. The summed E-state index contributed by atoms with van der Waals surface area (Å²) in [5.41, 5.74) is 0.582. The first-order chi connectivity index (χ1) is 9.60. The number of anilines is 1. The largest absolute Gasteiger partial charge is 0.384 e. The van der Waals surface area contributed by atoms with Gasteiger partial charge in [-0.05, 0) is 32.3 Å². The Balaban J connectivity index is 1.81. The van der Waals surface area contributed by atoms with Gasteiger partial charge in [0.1, 0.15) is 4.90 Å². The second-order valence-corrected chi connectivity index (χ2v) is 6.92. The van der Waals surface area contributed by atoms with Gasteiger partial charge in [0.2, 0.25) is 10.0 Å². The number of ether oxygens (including phenoxy) is 1. The lowest BCUT2D eigenvalue weighted by Gasteiger charge is -2.20. The molecule has 0 radical (unpaired) electrons. The fraction of sp³-hybridized carbons (Fsp3) is 0.615. The summed E-state index contributed by atoms with van der Waals surface area (Å²) in [4.78, 5) is 4.12. The standard InChI is InChI=1S/C13H19N3O3S/c1-2-15-10-5-6-14-8-13(10)20(17,18)16-11-7-9-3-4-12(11)19-9/h5-6,8-9,11-12,16H,2-4,7H2,1H3,(H,14,15). The third-order valence-corrected chi connectivity index (χ3v) is 5.37. The maximum absolute atomic E-state index is 12.5. The van der Waals surface area contributed by atoms with Crippen molar-refractivity contribution in [1.82, 2.24) is 9.71 Å². The maximum atomic E-state index is 12.5. The molecule has 2 saturated heterocycles. The molecule has 0 saturated carbocycles. The Kier molecular flexibility index (Phi) is 3.66. The SMILES string of the molecule is CCNc1ccncc1S(=O)(=O)NC1CC2CCC1O2. The smallest absolute Gasteiger partial charge is 0.244 e. The number of nitrogens with zero attached hydrogens (tertiary/aromatic N) is 1. The molecule has 3 rings (SSSR count). The Morgan fingerprint density at radius 2 is 2.30 bits per heavy atom. The molecule has 2 aliphatic rings. The Bertz CT molecular complexity index is 590. The number of hydrogen-bond donors (Lipinski definition) is 2. The summed E-state index contributed by atoms with van der Waals surface area (Å²) in [5, 5.41) is 3.05. The van der Waals surface area contributed by atoms with Crippen molar-refractivity contribution in [3.8, 4) is 0 Å². The Morgan fingerprint density at radius 3 is 2.95 bits per heavy atom. The summed E-state index contributed by atoms with van der Waals surface area (Å²) in [7, 11) is -3.57. The summed E-state index contributed by atoms with van der Waals surface area (Å²) >= 11 is 0. The van der Waals surface area contributed by atoms with Gasteiger partial charge >= 0.3 is 0 Å². The minimum absolute atomic E-state index is 0.0223. The highest BCUT2D eigenvalue weighted by Crippen LogP contribution is 2.35. The van der Waals surface area contributed by atoms with Crippen LogP contribution in [0.2, 0.25) is 0 Å². The zero-order chi connectivity index (χ0) is 14.2. The molecular formula is C13H19N3O3S. The van der Waals surface area contributed by atoms with Crippen LogP contribution in [0.5, 0.6) is 0 Å². The molecule has 3 atom stereocenters. The highest BCUT2D eigenvalue weighted by atomic mass is 32.2. The summed E-state index contributed by atoms with van der Waals surface area (Å²) in [6, 6.07) is 1.56. The molecule has 2 fully saturated rings. The van der Waals surface area contributed by atoms with E-state index in [0.717, 1.165) is 19.3 Å². The topological polar surface area (TPSA) is 80.3 Å². The van der Waals surface area contributed by atoms with Crippen molar-refractivity contribution < 1.29 is 13.2 Å². The number of rotatable bonds is 5. The third kappa shape index (κ3) is 2.53. The van der Waals surface area contributed by atoms with Crippen LogP contribution >= 0.6 is 0 Å². The van der Waals surface area contributed by atoms with Gasteiger partial charge in [0.05, 0.1) is 23.9 Å². The highest BCUT2D eigenvalue weighted by Gasteiger charge is 2.42. The van der Waals surface area contributed by atoms with E-state index in [1.807, 2.05) is 6.92 Å². The molecule has 6 nitrogen and oxygen atoms in total. The second-order valence-electron chi connectivity index (χ2n) is 5.24. The van der Waals surface area contributed by atoms with Crippen LogP contribution in [0.15, 0.2) is 23.4 Å². The molecule has 110 valence electrons. The van der Waals surface area contributed by atoms with E-state index in [-0.39, 0.29) is 23.1 Å². The first-order valence-electron chi connectivity index (χ1n) is 6.96. The zero-order valence-corrected chi connectivity index (χ0v) is 12.2. The molecule has 1 aromatic rings. The fourth-order valence-corrected chi connectivity index (χ4v) is 4.36. The van der Waals surface area contributed by atoms with E-state index in [9.17, 15) is 8.42 Å². The summed E-state index contributed by atoms with van der Waals surface area (Å²) < 4.78 is 33.5. The number of sulfonamides is 1. The van der Waals surface area contributed by atoms with Crippen molar-refractivity contribution in [1.29, 1.82) is 0 Å². The molecule has 3 unspecified atom stereocenters. The Labute approximate surface area is 119 Å². The van der Waals surface area contributed by atoms with Crippen LogP contribution < -0.4 is 10.0 Å². The number of pyridine rings is 1. The normalized spacial score (nSPS) is 28.8. The summed E-state index contributed by atoms with van der Waals surface area (Å²) in [6.45, 7) is 2.58. The number of hydrogen-bond acceptors (Lipinski definition) is 5. The average molecular weight is 297 g/mol. The lowest BCUT2D eigenvalue weighted by atomic mass is 9.96. The van der Waals surface area contributed by atoms with E-state index in [1.165, 1.54) is 6.20 Å². The van der Waals surface area contributed by atoms with Gasteiger partial charge in [0.25, 0.3) is 0 Å². The van der Waals surface area contributed by atoms with Crippen LogP contribution in [0.25, 0.3) is 0 Å². The fourth-order valence-electron chi connectivity index (χ4n) is 2.96. The molecular weight excluding hydrogens is 278 g/mol. The van der Waals surface area contributed by atoms with Gasteiger partial charge in [-0.15, -0.1) is 0 Å². The summed E-state index contributed by atoms with van der Waals surface area (Å²) in [6.07, 6.45) is 5.94. The van der Waals surface area contributed by atoms with Gasteiger partial charge in [-0.25, -0.2) is 13.1 Å². The second kappa shape index (κ2) is 5.31. The van der Waals surface area contributed by atoms with Crippen molar-refractivity contribution in [2.45, 2.75) is 49.3 Å². The average Bonchev–Trinajstić information content (AvgIpc) is 3.01. The van der Waals surface area contributed by atoms with Crippen molar-refractivity contribution in [2.24, 2.45) is 0 Å². The molecule has 2 bridgehead atoms.